The Morgan fingerprint density at radius 1 is 1.17 bits per heavy atom. The van der Waals surface area contributed by atoms with E-state index in [1.807, 2.05) is 43.1 Å². The first kappa shape index (κ1) is 14.5. The van der Waals surface area contributed by atoms with Crippen LogP contribution in [-0.4, -0.2) is 29.1 Å². The molecule has 1 amide bonds. The summed E-state index contributed by atoms with van der Waals surface area (Å²) in [6.07, 6.45) is 5.02. The Bertz CT molecular complexity index is 699. The second kappa shape index (κ2) is 5.52. The molecule has 1 aromatic carbocycles. The van der Waals surface area contributed by atoms with E-state index < -0.39 is 0 Å². The molecule has 2 saturated carbocycles. The first-order chi connectivity index (χ1) is 11.1. The van der Waals surface area contributed by atoms with Gasteiger partial charge in [0, 0.05) is 24.7 Å². The minimum Gasteiger partial charge on any atom is -0.350 e. The third kappa shape index (κ3) is 2.90. The zero-order chi connectivity index (χ0) is 16.0. The molecule has 0 bridgehead atoms. The van der Waals surface area contributed by atoms with Crippen molar-refractivity contribution < 1.29 is 9.32 Å². The zero-order valence-corrected chi connectivity index (χ0v) is 13.7. The molecule has 4 rings (SSSR count). The first-order valence-corrected chi connectivity index (χ1v) is 8.44. The highest BCUT2D eigenvalue weighted by Crippen LogP contribution is 2.47. The SMILES string of the molecule is Cc1ccc(-c2cc(C(=O)N(C)C(C3CC3)C3CC3)on2)cc1. The Morgan fingerprint density at radius 2 is 1.78 bits per heavy atom. The van der Waals surface area contributed by atoms with Crippen molar-refractivity contribution in [2.75, 3.05) is 7.05 Å². The third-order valence-corrected chi connectivity index (χ3v) is 5.05. The minimum absolute atomic E-state index is 0.0420. The van der Waals surface area contributed by atoms with Gasteiger partial charge in [0.1, 0.15) is 5.69 Å². The van der Waals surface area contributed by atoms with Gasteiger partial charge in [0.25, 0.3) is 5.91 Å². The summed E-state index contributed by atoms with van der Waals surface area (Å²) in [7, 11) is 1.91. The lowest BCUT2D eigenvalue weighted by Gasteiger charge is -2.27. The summed E-state index contributed by atoms with van der Waals surface area (Å²) in [4.78, 5) is 14.6. The van der Waals surface area contributed by atoms with Crippen LogP contribution in [0.2, 0.25) is 0 Å². The minimum atomic E-state index is -0.0420. The number of carbonyl (C=O) groups is 1. The lowest BCUT2D eigenvalue weighted by atomic mass is 10.1. The van der Waals surface area contributed by atoms with Crippen LogP contribution in [0.5, 0.6) is 0 Å². The van der Waals surface area contributed by atoms with E-state index in [0.717, 1.165) is 11.3 Å². The van der Waals surface area contributed by atoms with Crippen molar-refractivity contribution in [2.45, 2.75) is 38.6 Å². The van der Waals surface area contributed by atoms with Gasteiger partial charge in [-0.05, 0) is 44.4 Å². The van der Waals surface area contributed by atoms with E-state index in [0.29, 0.717) is 23.6 Å². The molecular weight excluding hydrogens is 288 g/mol. The largest absolute Gasteiger partial charge is 0.350 e. The van der Waals surface area contributed by atoms with Crippen LogP contribution in [0.25, 0.3) is 11.3 Å². The number of rotatable bonds is 5. The Balaban J connectivity index is 1.53. The van der Waals surface area contributed by atoms with Crippen molar-refractivity contribution >= 4 is 5.91 Å². The molecule has 4 heteroatoms. The molecule has 2 aliphatic rings. The molecule has 0 N–H and O–H groups in total. The number of aryl methyl sites for hydroxylation is 1. The molecule has 2 aromatic rings. The highest BCUT2D eigenvalue weighted by molar-refractivity contribution is 5.92. The standard InChI is InChI=1S/C19H22N2O2/c1-12-3-5-13(6-4-12)16-11-17(23-20-16)19(22)21(2)18(14-7-8-14)15-9-10-15/h3-6,11,14-15,18H,7-10H2,1-2H3. The Kier molecular flexibility index (Phi) is 3.47. The molecular formula is C19H22N2O2. The van der Waals surface area contributed by atoms with Crippen molar-refractivity contribution in [3.63, 3.8) is 0 Å². The van der Waals surface area contributed by atoms with Crippen molar-refractivity contribution in [3.8, 4) is 11.3 Å². The maximum Gasteiger partial charge on any atom is 0.292 e. The predicted octanol–water partition coefficient (Wildman–Crippen LogP) is 3.91. The molecule has 0 radical (unpaired) electrons. The first-order valence-electron chi connectivity index (χ1n) is 8.44. The second-order valence-electron chi connectivity index (χ2n) is 7.02. The molecule has 1 aromatic heterocycles. The average Bonchev–Trinajstić information content (AvgIpc) is 3.49. The maximum atomic E-state index is 12.7. The molecule has 2 aliphatic carbocycles. The Hall–Kier alpha value is -2.10. The third-order valence-electron chi connectivity index (χ3n) is 5.05. The average molecular weight is 310 g/mol. The van der Waals surface area contributed by atoms with E-state index in [1.165, 1.54) is 31.2 Å². The van der Waals surface area contributed by atoms with Crippen molar-refractivity contribution in [1.29, 1.82) is 0 Å². The summed E-state index contributed by atoms with van der Waals surface area (Å²) < 4.78 is 5.34. The van der Waals surface area contributed by atoms with Crippen molar-refractivity contribution in [2.24, 2.45) is 11.8 Å². The van der Waals surface area contributed by atoms with Gasteiger partial charge in [-0.1, -0.05) is 35.0 Å². The predicted molar refractivity (Wildman–Crippen MR) is 88.0 cm³/mol. The quantitative estimate of drug-likeness (QED) is 0.841. The number of hydrogen-bond acceptors (Lipinski definition) is 3. The van der Waals surface area contributed by atoms with Crippen LogP contribution in [0.3, 0.4) is 0 Å². The lowest BCUT2D eigenvalue weighted by molar-refractivity contribution is 0.0648. The van der Waals surface area contributed by atoms with Crippen LogP contribution in [0.1, 0.15) is 41.8 Å². The van der Waals surface area contributed by atoms with Gasteiger partial charge < -0.3 is 9.42 Å². The van der Waals surface area contributed by atoms with Gasteiger partial charge in [0.15, 0.2) is 0 Å². The number of aromatic nitrogens is 1. The summed E-state index contributed by atoms with van der Waals surface area (Å²) in [5, 5.41) is 4.08. The van der Waals surface area contributed by atoms with Crippen molar-refractivity contribution in [3.05, 3.63) is 41.7 Å². The van der Waals surface area contributed by atoms with Crippen LogP contribution in [0, 0.1) is 18.8 Å². The molecule has 120 valence electrons. The zero-order valence-electron chi connectivity index (χ0n) is 13.7. The van der Waals surface area contributed by atoms with E-state index in [2.05, 4.69) is 5.16 Å². The van der Waals surface area contributed by atoms with Gasteiger partial charge in [-0.3, -0.25) is 4.79 Å². The van der Waals surface area contributed by atoms with Crippen LogP contribution in [0.15, 0.2) is 34.9 Å². The molecule has 0 aliphatic heterocycles. The van der Waals surface area contributed by atoms with Gasteiger partial charge in [-0.25, -0.2) is 0 Å². The van der Waals surface area contributed by atoms with E-state index in [4.69, 9.17) is 4.52 Å². The fourth-order valence-electron chi connectivity index (χ4n) is 3.44. The number of benzene rings is 1. The number of amides is 1. The van der Waals surface area contributed by atoms with E-state index in [1.54, 1.807) is 6.07 Å². The van der Waals surface area contributed by atoms with Gasteiger partial charge in [-0.2, -0.15) is 0 Å². The summed E-state index contributed by atoms with van der Waals surface area (Å²) in [5.74, 6) is 1.68. The van der Waals surface area contributed by atoms with E-state index in [-0.39, 0.29) is 5.91 Å². The monoisotopic (exact) mass is 310 g/mol. The number of hydrogen-bond donors (Lipinski definition) is 0. The molecule has 0 spiro atoms. The normalized spacial score (nSPS) is 17.5. The summed E-state index contributed by atoms with van der Waals surface area (Å²) in [5.41, 5.74) is 2.89. The highest BCUT2D eigenvalue weighted by Gasteiger charge is 2.45. The second-order valence-corrected chi connectivity index (χ2v) is 7.02. The molecule has 2 fully saturated rings. The highest BCUT2D eigenvalue weighted by atomic mass is 16.5. The number of nitrogens with zero attached hydrogens (tertiary/aromatic N) is 2. The molecule has 0 saturated heterocycles. The number of carbonyl (C=O) groups excluding carboxylic acids is 1. The summed E-state index contributed by atoms with van der Waals surface area (Å²) in [6.45, 7) is 2.05. The molecule has 1 heterocycles. The molecule has 23 heavy (non-hydrogen) atoms. The van der Waals surface area contributed by atoms with Gasteiger partial charge in [0.2, 0.25) is 5.76 Å². The molecule has 0 unspecified atom stereocenters. The van der Waals surface area contributed by atoms with Crippen LogP contribution in [0.4, 0.5) is 0 Å². The van der Waals surface area contributed by atoms with Crippen LogP contribution < -0.4 is 0 Å². The van der Waals surface area contributed by atoms with Crippen molar-refractivity contribution in [1.82, 2.24) is 10.1 Å². The fraction of sp³-hybridized carbons (Fsp3) is 0.474. The topological polar surface area (TPSA) is 46.3 Å². The van der Waals surface area contributed by atoms with Gasteiger partial charge >= 0.3 is 0 Å². The van der Waals surface area contributed by atoms with Gasteiger partial charge in [-0.15, -0.1) is 0 Å². The Morgan fingerprint density at radius 3 is 2.35 bits per heavy atom. The summed E-state index contributed by atoms with van der Waals surface area (Å²) in [6, 6.07) is 10.2. The van der Waals surface area contributed by atoms with Crippen LogP contribution in [-0.2, 0) is 0 Å². The lowest BCUT2D eigenvalue weighted by Crippen LogP contribution is -2.39. The smallest absolute Gasteiger partial charge is 0.292 e. The van der Waals surface area contributed by atoms with E-state index in [9.17, 15) is 4.79 Å². The van der Waals surface area contributed by atoms with Gasteiger partial charge in [0.05, 0.1) is 0 Å². The fourth-order valence-corrected chi connectivity index (χ4v) is 3.44. The molecule has 4 nitrogen and oxygen atoms in total. The maximum absolute atomic E-state index is 12.7. The Labute approximate surface area is 136 Å². The van der Waals surface area contributed by atoms with E-state index >= 15 is 0 Å². The van der Waals surface area contributed by atoms with Crippen LogP contribution >= 0.6 is 0 Å². The molecule has 0 atom stereocenters. The summed E-state index contributed by atoms with van der Waals surface area (Å²) >= 11 is 0.